The largest absolute Gasteiger partial charge is 0.492 e. The van der Waals surface area contributed by atoms with E-state index in [1.54, 1.807) is 0 Å². The van der Waals surface area contributed by atoms with Gasteiger partial charge in [-0.15, -0.1) is 24.8 Å². The number of benzene rings is 1. The van der Waals surface area contributed by atoms with Crippen molar-refractivity contribution in [2.75, 3.05) is 59.0 Å². The highest BCUT2D eigenvalue weighted by molar-refractivity contribution is 5.85. The molecule has 1 N–H and O–H groups in total. The van der Waals surface area contributed by atoms with Crippen LogP contribution in [0.15, 0.2) is 30.3 Å². The Kier molecular flexibility index (Phi) is 10.2. The zero-order chi connectivity index (χ0) is 15.9. The third-order valence-corrected chi connectivity index (χ3v) is 4.31. The molecule has 142 valence electrons. The molecule has 0 aromatic heterocycles. The second-order valence-corrected chi connectivity index (χ2v) is 5.89. The lowest BCUT2D eigenvalue weighted by Crippen LogP contribution is -2.55. The van der Waals surface area contributed by atoms with Crippen LogP contribution in [0.5, 0.6) is 5.75 Å². The Hall–Kier alpha value is -1.05. The molecule has 2 aliphatic rings. The zero-order valence-corrected chi connectivity index (χ0v) is 15.9. The van der Waals surface area contributed by atoms with Gasteiger partial charge in [0.15, 0.2) is 0 Å². The summed E-state index contributed by atoms with van der Waals surface area (Å²) < 4.78 is 11.3. The standard InChI is InChI=1S/C17H25N3O3.2ClH/c21-17(16-14-18-6-12-23-16)20-9-7-19(8-10-20)11-13-22-15-4-2-1-3-5-15;;/h1-5,16,18H,6-14H2;2*1H. The van der Waals surface area contributed by atoms with Crippen molar-refractivity contribution in [3.63, 3.8) is 0 Å². The van der Waals surface area contributed by atoms with Crippen molar-refractivity contribution >= 4 is 30.7 Å². The third-order valence-electron chi connectivity index (χ3n) is 4.31. The zero-order valence-electron chi connectivity index (χ0n) is 14.3. The van der Waals surface area contributed by atoms with Crippen LogP contribution in [0.3, 0.4) is 0 Å². The molecule has 1 amide bonds. The minimum atomic E-state index is -0.309. The minimum Gasteiger partial charge on any atom is -0.492 e. The number of para-hydroxylation sites is 1. The summed E-state index contributed by atoms with van der Waals surface area (Å²) in [6, 6.07) is 9.86. The molecular formula is C17H27Cl2N3O3. The first-order valence-corrected chi connectivity index (χ1v) is 8.34. The molecule has 0 radical (unpaired) electrons. The number of morpholine rings is 1. The Labute approximate surface area is 161 Å². The van der Waals surface area contributed by atoms with E-state index in [9.17, 15) is 4.79 Å². The molecule has 3 rings (SSSR count). The Morgan fingerprint density at radius 1 is 1.16 bits per heavy atom. The summed E-state index contributed by atoms with van der Waals surface area (Å²) in [5.74, 6) is 1.03. The number of piperazine rings is 1. The average Bonchev–Trinajstić information content (AvgIpc) is 2.63. The first-order valence-electron chi connectivity index (χ1n) is 8.34. The molecule has 0 spiro atoms. The van der Waals surface area contributed by atoms with Gasteiger partial charge >= 0.3 is 0 Å². The van der Waals surface area contributed by atoms with Crippen LogP contribution in [0.1, 0.15) is 0 Å². The number of hydrogen-bond acceptors (Lipinski definition) is 5. The molecule has 1 atom stereocenters. The van der Waals surface area contributed by atoms with Crippen molar-refractivity contribution in [3.05, 3.63) is 30.3 Å². The van der Waals surface area contributed by atoms with E-state index in [-0.39, 0.29) is 36.8 Å². The molecule has 2 saturated heterocycles. The summed E-state index contributed by atoms with van der Waals surface area (Å²) in [5, 5.41) is 3.21. The van der Waals surface area contributed by atoms with Gasteiger partial charge in [-0.25, -0.2) is 0 Å². The van der Waals surface area contributed by atoms with Crippen LogP contribution in [-0.4, -0.2) is 80.8 Å². The predicted molar refractivity (Wildman–Crippen MR) is 102 cm³/mol. The first-order chi connectivity index (χ1) is 11.3. The van der Waals surface area contributed by atoms with Crippen LogP contribution in [0, 0.1) is 0 Å². The number of hydrogen-bond donors (Lipinski definition) is 1. The smallest absolute Gasteiger partial charge is 0.253 e. The van der Waals surface area contributed by atoms with Crippen LogP contribution >= 0.6 is 24.8 Å². The lowest BCUT2D eigenvalue weighted by molar-refractivity contribution is -0.147. The van der Waals surface area contributed by atoms with E-state index < -0.39 is 0 Å². The summed E-state index contributed by atoms with van der Waals surface area (Å²) in [7, 11) is 0. The van der Waals surface area contributed by atoms with Gasteiger partial charge in [-0.1, -0.05) is 18.2 Å². The van der Waals surface area contributed by atoms with Gasteiger partial charge in [0.2, 0.25) is 0 Å². The number of carbonyl (C=O) groups is 1. The van der Waals surface area contributed by atoms with Crippen LogP contribution < -0.4 is 10.1 Å². The Morgan fingerprint density at radius 2 is 1.88 bits per heavy atom. The van der Waals surface area contributed by atoms with Crippen LogP contribution in [0.25, 0.3) is 0 Å². The van der Waals surface area contributed by atoms with E-state index in [1.807, 2.05) is 35.2 Å². The predicted octanol–water partition coefficient (Wildman–Crippen LogP) is 1.04. The molecule has 1 aromatic rings. The van der Waals surface area contributed by atoms with Crippen molar-refractivity contribution in [2.24, 2.45) is 0 Å². The highest BCUT2D eigenvalue weighted by Gasteiger charge is 2.29. The second-order valence-electron chi connectivity index (χ2n) is 5.89. The number of carbonyl (C=O) groups excluding carboxylic acids is 1. The first kappa shape index (κ1) is 22.0. The molecule has 1 aromatic carbocycles. The van der Waals surface area contributed by atoms with Gasteiger partial charge in [-0.3, -0.25) is 9.69 Å². The van der Waals surface area contributed by atoms with Gasteiger partial charge in [0, 0.05) is 45.8 Å². The maximum Gasteiger partial charge on any atom is 0.253 e. The maximum atomic E-state index is 12.4. The highest BCUT2D eigenvalue weighted by atomic mass is 35.5. The van der Waals surface area contributed by atoms with Crippen molar-refractivity contribution < 1.29 is 14.3 Å². The quantitative estimate of drug-likeness (QED) is 0.812. The average molecular weight is 392 g/mol. The molecule has 2 fully saturated rings. The summed E-state index contributed by atoms with van der Waals surface area (Å²) in [6.07, 6.45) is -0.309. The molecule has 0 saturated carbocycles. The molecule has 8 heteroatoms. The van der Waals surface area contributed by atoms with E-state index in [0.29, 0.717) is 19.8 Å². The Morgan fingerprint density at radius 3 is 2.52 bits per heavy atom. The van der Waals surface area contributed by atoms with Gasteiger partial charge < -0.3 is 19.7 Å². The third kappa shape index (κ3) is 6.64. The Bertz CT molecular complexity index is 493. The molecular weight excluding hydrogens is 365 g/mol. The molecule has 0 bridgehead atoms. The molecule has 1 unspecified atom stereocenters. The van der Waals surface area contributed by atoms with Crippen molar-refractivity contribution in [2.45, 2.75) is 6.10 Å². The molecule has 2 heterocycles. The number of rotatable bonds is 5. The van der Waals surface area contributed by atoms with E-state index in [4.69, 9.17) is 9.47 Å². The van der Waals surface area contributed by atoms with Gasteiger partial charge in [0.1, 0.15) is 18.5 Å². The number of amides is 1. The Balaban J connectivity index is 0.00000156. The van der Waals surface area contributed by atoms with Crippen molar-refractivity contribution in [1.29, 1.82) is 0 Å². The topological polar surface area (TPSA) is 54.0 Å². The molecule has 2 aliphatic heterocycles. The van der Waals surface area contributed by atoms with E-state index in [1.165, 1.54) is 0 Å². The molecule has 25 heavy (non-hydrogen) atoms. The van der Waals surface area contributed by atoms with Crippen LogP contribution in [-0.2, 0) is 9.53 Å². The van der Waals surface area contributed by atoms with E-state index in [0.717, 1.165) is 45.0 Å². The summed E-state index contributed by atoms with van der Waals surface area (Å²) >= 11 is 0. The van der Waals surface area contributed by atoms with Gasteiger partial charge in [-0.05, 0) is 12.1 Å². The summed E-state index contributed by atoms with van der Waals surface area (Å²) in [6.45, 7) is 6.96. The van der Waals surface area contributed by atoms with Gasteiger partial charge in [-0.2, -0.15) is 0 Å². The van der Waals surface area contributed by atoms with E-state index >= 15 is 0 Å². The number of nitrogens with one attached hydrogen (secondary N) is 1. The summed E-state index contributed by atoms with van der Waals surface area (Å²) in [4.78, 5) is 16.6. The van der Waals surface area contributed by atoms with E-state index in [2.05, 4.69) is 10.2 Å². The maximum absolute atomic E-state index is 12.4. The lowest BCUT2D eigenvalue weighted by Gasteiger charge is -2.37. The van der Waals surface area contributed by atoms with Crippen LogP contribution in [0.2, 0.25) is 0 Å². The fourth-order valence-electron chi connectivity index (χ4n) is 2.93. The van der Waals surface area contributed by atoms with Crippen molar-refractivity contribution in [1.82, 2.24) is 15.1 Å². The number of ether oxygens (including phenoxy) is 2. The SMILES string of the molecule is Cl.Cl.O=C(C1CNCCO1)N1CCN(CCOc2ccccc2)CC1. The van der Waals surface area contributed by atoms with Crippen molar-refractivity contribution in [3.8, 4) is 5.75 Å². The normalized spacial score (nSPS) is 21.0. The monoisotopic (exact) mass is 391 g/mol. The number of nitrogens with zero attached hydrogens (tertiary/aromatic N) is 2. The summed E-state index contributed by atoms with van der Waals surface area (Å²) in [5.41, 5.74) is 0. The van der Waals surface area contributed by atoms with Crippen LogP contribution in [0.4, 0.5) is 0 Å². The fraction of sp³-hybridized carbons (Fsp3) is 0.588. The highest BCUT2D eigenvalue weighted by Crippen LogP contribution is 2.10. The van der Waals surface area contributed by atoms with Gasteiger partial charge in [0.25, 0.3) is 5.91 Å². The molecule has 6 nitrogen and oxygen atoms in total. The second kappa shape index (κ2) is 11.5. The lowest BCUT2D eigenvalue weighted by atomic mass is 10.2. The minimum absolute atomic E-state index is 0. The molecule has 0 aliphatic carbocycles. The number of halogens is 2. The fourth-order valence-corrected chi connectivity index (χ4v) is 2.93. The van der Waals surface area contributed by atoms with Gasteiger partial charge in [0.05, 0.1) is 6.61 Å².